The van der Waals surface area contributed by atoms with E-state index in [2.05, 4.69) is 47.5 Å². The van der Waals surface area contributed by atoms with Crippen molar-refractivity contribution in [3.63, 3.8) is 0 Å². The van der Waals surface area contributed by atoms with Gasteiger partial charge in [-0.1, -0.05) is 30.3 Å². The van der Waals surface area contributed by atoms with Crippen LogP contribution >= 0.6 is 0 Å². The normalized spacial score (nSPS) is 32.4. The monoisotopic (exact) mass is 244 g/mol. The molecule has 0 radical (unpaired) electrons. The molecule has 4 unspecified atom stereocenters. The van der Waals surface area contributed by atoms with E-state index in [0.29, 0.717) is 6.04 Å². The van der Waals surface area contributed by atoms with Crippen molar-refractivity contribution in [2.24, 2.45) is 5.92 Å². The second kappa shape index (κ2) is 5.41. The smallest absolute Gasteiger partial charge is 0.0123 e. The van der Waals surface area contributed by atoms with Crippen molar-refractivity contribution in [1.82, 2.24) is 10.2 Å². The third-order valence-electron chi connectivity index (χ3n) is 4.52. The van der Waals surface area contributed by atoms with Gasteiger partial charge in [0.2, 0.25) is 0 Å². The van der Waals surface area contributed by atoms with Crippen molar-refractivity contribution in [2.75, 3.05) is 19.6 Å². The number of nitrogens with zero attached hydrogens (tertiary/aromatic N) is 1. The summed E-state index contributed by atoms with van der Waals surface area (Å²) < 4.78 is 0. The Balaban J connectivity index is 1.53. The Kier molecular flexibility index (Phi) is 3.67. The van der Waals surface area contributed by atoms with Gasteiger partial charge in [0.05, 0.1) is 0 Å². The molecular formula is C16H24N2. The molecular weight excluding hydrogens is 220 g/mol. The molecule has 1 aromatic rings. The molecule has 2 heteroatoms. The van der Waals surface area contributed by atoms with E-state index in [1.54, 1.807) is 0 Å². The summed E-state index contributed by atoms with van der Waals surface area (Å²) in [6.45, 7) is 6.28. The maximum Gasteiger partial charge on any atom is 0.0123 e. The Morgan fingerprint density at radius 3 is 2.83 bits per heavy atom. The minimum absolute atomic E-state index is 0.588. The van der Waals surface area contributed by atoms with Crippen molar-refractivity contribution in [1.29, 1.82) is 0 Å². The highest BCUT2D eigenvalue weighted by Gasteiger charge is 2.34. The van der Waals surface area contributed by atoms with Gasteiger partial charge < -0.3 is 10.2 Å². The van der Waals surface area contributed by atoms with Gasteiger partial charge in [0.15, 0.2) is 0 Å². The third-order valence-corrected chi connectivity index (χ3v) is 4.52. The first-order valence-electron chi connectivity index (χ1n) is 7.33. The fourth-order valence-electron chi connectivity index (χ4n) is 3.56. The van der Waals surface area contributed by atoms with Crippen LogP contribution in [0.1, 0.15) is 25.3 Å². The fourth-order valence-corrected chi connectivity index (χ4v) is 3.56. The summed E-state index contributed by atoms with van der Waals surface area (Å²) in [6.07, 6.45) is 3.88. The minimum atomic E-state index is 0.588. The van der Waals surface area contributed by atoms with E-state index in [0.717, 1.165) is 18.4 Å². The molecule has 4 atom stereocenters. The molecule has 98 valence electrons. The average Bonchev–Trinajstić information content (AvgIpc) is 2.77. The molecule has 2 bridgehead atoms. The number of fused-ring (bicyclic) bond motifs is 2. The molecule has 0 amide bonds. The Morgan fingerprint density at radius 2 is 2.00 bits per heavy atom. The van der Waals surface area contributed by atoms with E-state index >= 15 is 0 Å². The van der Waals surface area contributed by atoms with Crippen LogP contribution in [0.2, 0.25) is 0 Å². The van der Waals surface area contributed by atoms with Crippen LogP contribution < -0.4 is 5.32 Å². The van der Waals surface area contributed by atoms with Crippen LogP contribution in [0.15, 0.2) is 30.3 Å². The van der Waals surface area contributed by atoms with E-state index in [4.69, 9.17) is 0 Å². The second-order valence-corrected chi connectivity index (χ2v) is 6.00. The highest BCUT2D eigenvalue weighted by molar-refractivity contribution is 5.15. The van der Waals surface area contributed by atoms with E-state index < -0.39 is 0 Å². The summed E-state index contributed by atoms with van der Waals surface area (Å²) in [5.74, 6) is 0.900. The van der Waals surface area contributed by atoms with Gasteiger partial charge in [-0.2, -0.15) is 0 Å². The molecule has 2 nitrogen and oxygen atoms in total. The van der Waals surface area contributed by atoms with E-state index in [9.17, 15) is 0 Å². The molecule has 2 saturated heterocycles. The van der Waals surface area contributed by atoms with E-state index in [-0.39, 0.29) is 0 Å². The highest BCUT2D eigenvalue weighted by Crippen LogP contribution is 2.27. The van der Waals surface area contributed by atoms with Gasteiger partial charge in [0, 0.05) is 18.6 Å². The second-order valence-electron chi connectivity index (χ2n) is 6.00. The third kappa shape index (κ3) is 2.76. The Hall–Kier alpha value is -0.860. The Morgan fingerprint density at radius 1 is 1.22 bits per heavy atom. The number of nitrogens with one attached hydrogen (secondary N) is 1. The minimum Gasteiger partial charge on any atom is -0.311 e. The van der Waals surface area contributed by atoms with E-state index in [1.165, 1.54) is 38.0 Å². The summed E-state index contributed by atoms with van der Waals surface area (Å²) in [7, 11) is 0. The molecule has 1 N–H and O–H groups in total. The van der Waals surface area contributed by atoms with Crippen molar-refractivity contribution in [2.45, 2.75) is 38.3 Å². The molecule has 0 aliphatic carbocycles. The van der Waals surface area contributed by atoms with Crippen molar-refractivity contribution in [3.05, 3.63) is 35.9 Å². The molecule has 2 heterocycles. The average molecular weight is 244 g/mol. The highest BCUT2D eigenvalue weighted by atomic mass is 15.2. The van der Waals surface area contributed by atoms with Gasteiger partial charge in [0.25, 0.3) is 0 Å². The summed E-state index contributed by atoms with van der Waals surface area (Å²) >= 11 is 0. The summed E-state index contributed by atoms with van der Waals surface area (Å²) in [6, 6.07) is 12.2. The molecule has 1 aromatic carbocycles. The number of piperidine rings is 1. The maximum atomic E-state index is 3.87. The number of hydrogen-bond acceptors (Lipinski definition) is 2. The lowest BCUT2D eigenvalue weighted by atomic mass is 9.93. The lowest BCUT2D eigenvalue weighted by Gasteiger charge is -2.33. The van der Waals surface area contributed by atoms with Crippen LogP contribution in [0.25, 0.3) is 0 Å². The first kappa shape index (κ1) is 12.2. The maximum absolute atomic E-state index is 3.87. The van der Waals surface area contributed by atoms with Crippen LogP contribution in [0.3, 0.4) is 0 Å². The van der Waals surface area contributed by atoms with Crippen molar-refractivity contribution in [3.8, 4) is 0 Å². The van der Waals surface area contributed by atoms with Gasteiger partial charge in [-0.3, -0.25) is 0 Å². The van der Waals surface area contributed by atoms with Gasteiger partial charge in [-0.05, 0) is 50.8 Å². The van der Waals surface area contributed by atoms with Gasteiger partial charge in [0.1, 0.15) is 0 Å². The molecule has 2 fully saturated rings. The molecule has 0 aromatic heterocycles. The van der Waals surface area contributed by atoms with Crippen LogP contribution in [0.5, 0.6) is 0 Å². The predicted octanol–water partition coefficient (Wildman–Crippen LogP) is 2.30. The van der Waals surface area contributed by atoms with Crippen LogP contribution in [-0.2, 0) is 6.42 Å². The summed E-state index contributed by atoms with van der Waals surface area (Å²) in [5.41, 5.74) is 1.45. The summed E-state index contributed by atoms with van der Waals surface area (Å²) in [4.78, 5) is 2.62. The van der Waals surface area contributed by atoms with Crippen LogP contribution in [0.4, 0.5) is 0 Å². The Bertz CT molecular complexity index is 376. The quantitative estimate of drug-likeness (QED) is 0.874. The van der Waals surface area contributed by atoms with Crippen LogP contribution in [-0.4, -0.2) is 36.6 Å². The van der Waals surface area contributed by atoms with Gasteiger partial charge in [-0.25, -0.2) is 0 Å². The first-order valence-corrected chi connectivity index (χ1v) is 7.33. The zero-order valence-electron chi connectivity index (χ0n) is 11.3. The van der Waals surface area contributed by atoms with Gasteiger partial charge >= 0.3 is 0 Å². The molecule has 2 aliphatic rings. The molecule has 0 saturated carbocycles. The van der Waals surface area contributed by atoms with Crippen LogP contribution in [0, 0.1) is 5.92 Å². The number of benzene rings is 1. The largest absolute Gasteiger partial charge is 0.311 e. The van der Waals surface area contributed by atoms with E-state index in [1.807, 2.05) is 0 Å². The molecule has 3 rings (SSSR count). The zero-order chi connectivity index (χ0) is 12.4. The zero-order valence-corrected chi connectivity index (χ0v) is 11.3. The topological polar surface area (TPSA) is 15.3 Å². The van der Waals surface area contributed by atoms with Crippen molar-refractivity contribution < 1.29 is 0 Å². The Labute approximate surface area is 110 Å². The van der Waals surface area contributed by atoms with Gasteiger partial charge in [-0.15, -0.1) is 0 Å². The number of rotatable bonds is 4. The first-order chi connectivity index (χ1) is 8.81. The number of hydrogen-bond donors (Lipinski definition) is 1. The SMILES string of the molecule is CC(Cc1ccccc1)NC1CCN2CCC1C2. The van der Waals surface area contributed by atoms with Crippen molar-refractivity contribution >= 4 is 0 Å². The standard InChI is InChI=1S/C16H24N2/c1-13(11-14-5-3-2-4-6-14)17-16-8-10-18-9-7-15(16)12-18/h2-6,13,15-17H,7-12H2,1H3. The lowest BCUT2D eigenvalue weighted by Crippen LogP contribution is -2.47. The molecule has 18 heavy (non-hydrogen) atoms. The summed E-state index contributed by atoms with van der Waals surface area (Å²) in [5, 5.41) is 3.87. The fraction of sp³-hybridized carbons (Fsp3) is 0.625. The lowest BCUT2D eigenvalue weighted by molar-refractivity contribution is 0.211. The molecule has 2 aliphatic heterocycles. The molecule has 0 spiro atoms. The predicted molar refractivity (Wildman–Crippen MR) is 75.7 cm³/mol.